The summed E-state index contributed by atoms with van der Waals surface area (Å²) in [6.45, 7) is -1.02. The van der Waals surface area contributed by atoms with Gasteiger partial charge in [-0.25, -0.2) is 0 Å². The summed E-state index contributed by atoms with van der Waals surface area (Å²) in [7, 11) is 0. The molecule has 0 aromatic carbocycles. The van der Waals surface area contributed by atoms with E-state index < -0.39 is 24.0 Å². The van der Waals surface area contributed by atoms with Gasteiger partial charge in [0, 0.05) is 15.3 Å². The Kier molecular flexibility index (Phi) is 0.854. The average Bonchev–Trinajstić information content (AvgIpc) is 1.94. The van der Waals surface area contributed by atoms with Gasteiger partial charge in [0.05, 0.1) is 0 Å². The number of allylic oxidation sites excluding steroid dienone is 4. The molecule has 0 amide bonds. The van der Waals surface area contributed by atoms with Gasteiger partial charge in [0.2, 0.25) is 0 Å². The lowest BCUT2D eigenvalue weighted by molar-refractivity contribution is -0.115. The molecular formula is C8H8O2. The molecule has 0 bridgehead atoms. The molecule has 0 radical (unpaired) electrons. The normalized spacial score (nSPS) is 24.3. The summed E-state index contributed by atoms with van der Waals surface area (Å²) in [5.74, 6) is -1.01. The molecule has 0 aromatic heterocycles. The number of carbonyl (C=O) groups excluding carboxylic acids is 2. The van der Waals surface area contributed by atoms with E-state index in [1.165, 1.54) is 6.92 Å². The summed E-state index contributed by atoms with van der Waals surface area (Å²) < 4.78 is 20.9. The van der Waals surface area contributed by atoms with Crippen LogP contribution in [0.3, 0.4) is 0 Å². The molecule has 0 unspecified atom stereocenters. The number of ketones is 2. The molecule has 0 saturated carbocycles. The van der Waals surface area contributed by atoms with Gasteiger partial charge in [-0.05, 0) is 25.9 Å². The van der Waals surface area contributed by atoms with Crippen LogP contribution in [0.2, 0.25) is 0 Å². The van der Waals surface area contributed by atoms with Crippen molar-refractivity contribution < 1.29 is 13.7 Å². The van der Waals surface area contributed by atoms with Crippen LogP contribution < -0.4 is 0 Å². The standard InChI is InChI=1S/C8H8O2/c1-5-3-8(10)6(2)4-7(5)9/h3-4H,1-2H3/i1D3. The van der Waals surface area contributed by atoms with E-state index in [2.05, 4.69) is 0 Å². The summed E-state index contributed by atoms with van der Waals surface area (Å²) in [6, 6.07) is 0. The summed E-state index contributed by atoms with van der Waals surface area (Å²) in [5, 5.41) is 0. The van der Waals surface area contributed by atoms with E-state index >= 15 is 0 Å². The minimum Gasteiger partial charge on any atom is -0.290 e. The Bertz CT molecular complexity index is 334. The topological polar surface area (TPSA) is 34.1 Å². The monoisotopic (exact) mass is 139 g/mol. The lowest BCUT2D eigenvalue weighted by Crippen LogP contribution is -2.08. The van der Waals surface area contributed by atoms with E-state index in [0.29, 0.717) is 0 Å². The Hall–Kier alpha value is -1.18. The smallest absolute Gasteiger partial charge is 0.182 e. The van der Waals surface area contributed by atoms with Gasteiger partial charge in [0.15, 0.2) is 11.6 Å². The maximum Gasteiger partial charge on any atom is 0.182 e. The molecule has 0 saturated heterocycles. The molecule has 2 heteroatoms. The van der Waals surface area contributed by atoms with Crippen LogP contribution in [0.5, 0.6) is 0 Å². The van der Waals surface area contributed by atoms with E-state index in [1.807, 2.05) is 0 Å². The van der Waals surface area contributed by atoms with Crippen LogP contribution in [0.4, 0.5) is 0 Å². The van der Waals surface area contributed by atoms with Crippen LogP contribution in [-0.2, 0) is 9.59 Å². The molecule has 10 heavy (non-hydrogen) atoms. The van der Waals surface area contributed by atoms with Crippen LogP contribution in [0.25, 0.3) is 0 Å². The molecule has 0 fully saturated rings. The maximum atomic E-state index is 11.1. The third-order valence-corrected chi connectivity index (χ3v) is 1.28. The van der Waals surface area contributed by atoms with Crippen molar-refractivity contribution >= 4 is 11.6 Å². The van der Waals surface area contributed by atoms with Crippen LogP contribution in [0.15, 0.2) is 23.3 Å². The second-order valence-corrected chi connectivity index (χ2v) is 2.11. The van der Waals surface area contributed by atoms with Gasteiger partial charge in [-0.1, -0.05) is 0 Å². The van der Waals surface area contributed by atoms with Gasteiger partial charge >= 0.3 is 0 Å². The molecule has 1 aliphatic rings. The van der Waals surface area contributed by atoms with Crippen LogP contribution >= 0.6 is 0 Å². The van der Waals surface area contributed by atoms with E-state index in [9.17, 15) is 9.59 Å². The van der Waals surface area contributed by atoms with Crippen LogP contribution in [0, 0.1) is 0 Å². The van der Waals surface area contributed by atoms with Crippen molar-refractivity contribution in [3.8, 4) is 0 Å². The van der Waals surface area contributed by atoms with Crippen molar-refractivity contribution in [1.29, 1.82) is 0 Å². The molecule has 2 nitrogen and oxygen atoms in total. The first-order valence-corrected chi connectivity index (χ1v) is 2.81. The lowest BCUT2D eigenvalue weighted by atomic mass is 10.00. The summed E-state index contributed by atoms with van der Waals surface area (Å²) >= 11 is 0. The van der Waals surface area contributed by atoms with Gasteiger partial charge in [0.1, 0.15) is 0 Å². The molecule has 0 aliphatic heterocycles. The Morgan fingerprint density at radius 2 is 1.70 bits per heavy atom. The first-order chi connectivity index (χ1) is 5.82. The Morgan fingerprint density at radius 3 is 2.30 bits per heavy atom. The quantitative estimate of drug-likeness (QED) is 0.470. The maximum absolute atomic E-state index is 11.1. The van der Waals surface area contributed by atoms with Gasteiger partial charge in [-0.3, -0.25) is 9.59 Å². The molecule has 1 rings (SSSR count). The Labute approximate surface area is 63.4 Å². The summed E-state index contributed by atoms with van der Waals surface area (Å²) in [5.41, 5.74) is -0.124. The molecule has 0 atom stereocenters. The third kappa shape index (κ3) is 1.05. The largest absolute Gasteiger partial charge is 0.290 e. The lowest BCUT2D eigenvalue weighted by Gasteiger charge is -2.03. The van der Waals surface area contributed by atoms with Crippen molar-refractivity contribution in [2.24, 2.45) is 0 Å². The van der Waals surface area contributed by atoms with Gasteiger partial charge < -0.3 is 0 Å². The molecule has 0 N–H and O–H groups in total. The molecule has 0 heterocycles. The van der Waals surface area contributed by atoms with Crippen LogP contribution in [0.1, 0.15) is 17.9 Å². The molecule has 1 aliphatic carbocycles. The first-order valence-electron chi connectivity index (χ1n) is 4.31. The second kappa shape index (κ2) is 2.21. The van der Waals surface area contributed by atoms with Crippen molar-refractivity contribution in [3.63, 3.8) is 0 Å². The first kappa shape index (κ1) is 3.86. The second-order valence-electron chi connectivity index (χ2n) is 2.11. The SMILES string of the molecule is [2H]C([2H])([2H])C1=CC(=O)C(C)=CC1=O. The van der Waals surface area contributed by atoms with Gasteiger partial charge in [-0.2, -0.15) is 0 Å². The molecular weight excluding hydrogens is 128 g/mol. The fourth-order valence-corrected chi connectivity index (χ4v) is 0.662. The highest BCUT2D eigenvalue weighted by atomic mass is 16.1. The summed E-state index contributed by atoms with van der Waals surface area (Å²) in [4.78, 5) is 22.2. The molecule has 0 aromatic rings. The van der Waals surface area contributed by atoms with E-state index in [-0.39, 0.29) is 5.57 Å². The van der Waals surface area contributed by atoms with E-state index in [4.69, 9.17) is 4.11 Å². The molecule has 52 valence electrons. The van der Waals surface area contributed by atoms with Crippen molar-refractivity contribution in [1.82, 2.24) is 0 Å². The highest BCUT2D eigenvalue weighted by Crippen LogP contribution is 2.09. The zero-order valence-corrected chi connectivity index (χ0v) is 5.47. The minimum absolute atomic E-state index is 0.276. The number of rotatable bonds is 0. The van der Waals surface area contributed by atoms with E-state index in [0.717, 1.165) is 12.2 Å². The highest BCUT2D eigenvalue weighted by Gasteiger charge is 2.12. The van der Waals surface area contributed by atoms with Crippen molar-refractivity contribution in [2.75, 3.05) is 0 Å². The third-order valence-electron chi connectivity index (χ3n) is 1.28. The Morgan fingerprint density at radius 1 is 1.20 bits per heavy atom. The zero-order chi connectivity index (χ0) is 10.2. The fourth-order valence-electron chi connectivity index (χ4n) is 0.662. The number of carbonyl (C=O) groups is 2. The Balaban J connectivity index is 3.11. The van der Waals surface area contributed by atoms with Crippen molar-refractivity contribution in [3.05, 3.63) is 23.3 Å². The van der Waals surface area contributed by atoms with Crippen molar-refractivity contribution in [2.45, 2.75) is 13.8 Å². The number of hydrogen-bond donors (Lipinski definition) is 0. The van der Waals surface area contributed by atoms with Crippen LogP contribution in [-0.4, -0.2) is 11.6 Å². The predicted molar refractivity (Wildman–Crippen MR) is 37.5 cm³/mol. The minimum atomic E-state index is -2.50. The highest BCUT2D eigenvalue weighted by molar-refractivity contribution is 6.19. The fraction of sp³-hybridized carbons (Fsp3) is 0.250. The zero-order valence-electron chi connectivity index (χ0n) is 8.47. The van der Waals surface area contributed by atoms with Gasteiger partial charge in [0.25, 0.3) is 0 Å². The van der Waals surface area contributed by atoms with Gasteiger partial charge in [-0.15, -0.1) is 0 Å². The van der Waals surface area contributed by atoms with E-state index in [1.54, 1.807) is 0 Å². The predicted octanol–water partition coefficient (Wildman–Crippen LogP) is 1.03. The number of hydrogen-bond acceptors (Lipinski definition) is 2. The molecule has 0 spiro atoms. The average molecular weight is 139 g/mol. The summed E-state index contributed by atoms with van der Waals surface area (Å²) in [6.07, 6.45) is 1.95.